The number of aliphatic hydroxyl groups excluding tert-OH is 2. The molecule has 0 spiro atoms. The molecule has 0 aliphatic carbocycles. The van der Waals surface area contributed by atoms with Crippen molar-refractivity contribution in [3.63, 3.8) is 0 Å². The van der Waals surface area contributed by atoms with E-state index in [1.807, 2.05) is 19.1 Å². The minimum atomic E-state index is -1.09. The predicted octanol–water partition coefficient (Wildman–Crippen LogP) is 3.83. The van der Waals surface area contributed by atoms with E-state index in [0.29, 0.717) is 16.3 Å². The second kappa shape index (κ2) is 4.86. The summed E-state index contributed by atoms with van der Waals surface area (Å²) in [5, 5.41) is 19.3. The van der Waals surface area contributed by atoms with E-state index in [4.69, 9.17) is 20.8 Å². The van der Waals surface area contributed by atoms with Crippen molar-refractivity contribution in [2.45, 2.75) is 13.0 Å². The van der Waals surface area contributed by atoms with Crippen molar-refractivity contribution >= 4 is 17.6 Å². The average molecular weight is 307 g/mol. The molecule has 3 rings (SSSR count). The Labute approximate surface area is 125 Å². The van der Waals surface area contributed by atoms with E-state index in [0.717, 1.165) is 11.3 Å². The van der Waals surface area contributed by atoms with E-state index >= 15 is 0 Å². The Bertz CT molecular complexity index is 759. The molecule has 1 aromatic carbocycles. The van der Waals surface area contributed by atoms with Gasteiger partial charge in [-0.1, -0.05) is 23.7 Å². The molecule has 1 atom stereocenters. The first kappa shape index (κ1) is 13.6. The van der Waals surface area contributed by atoms with Gasteiger partial charge in [0.2, 0.25) is 5.76 Å². The number of carbonyl (C=O) groups is 1. The van der Waals surface area contributed by atoms with Gasteiger partial charge in [0.25, 0.3) is 0 Å². The number of aliphatic hydroxyl groups is 2. The van der Waals surface area contributed by atoms with E-state index in [1.165, 1.54) is 0 Å². The second-order valence-electron chi connectivity index (χ2n) is 4.67. The van der Waals surface area contributed by atoms with Gasteiger partial charge in [0.1, 0.15) is 11.5 Å². The van der Waals surface area contributed by atoms with Crippen LogP contribution in [0.1, 0.15) is 17.4 Å². The molecule has 108 valence electrons. The zero-order chi connectivity index (χ0) is 15.1. The molecule has 0 amide bonds. The molecule has 0 saturated carbocycles. The first-order valence-corrected chi connectivity index (χ1v) is 6.54. The highest BCUT2D eigenvalue weighted by Gasteiger charge is 2.36. The summed E-state index contributed by atoms with van der Waals surface area (Å²) in [4.78, 5) is 11.2. The summed E-state index contributed by atoms with van der Waals surface area (Å²) in [5.41, 5.74) is 1.15. The highest BCUT2D eigenvalue weighted by molar-refractivity contribution is 6.31. The number of esters is 1. The van der Waals surface area contributed by atoms with Crippen LogP contribution < -0.4 is 0 Å². The average Bonchev–Trinajstić information content (AvgIpc) is 2.99. The molecule has 2 heterocycles. The van der Waals surface area contributed by atoms with Gasteiger partial charge in [-0.25, -0.2) is 4.79 Å². The summed E-state index contributed by atoms with van der Waals surface area (Å²) in [6.07, 6.45) is -1.09. The molecular weight excluding hydrogens is 296 g/mol. The maximum Gasteiger partial charge on any atom is 0.378 e. The summed E-state index contributed by atoms with van der Waals surface area (Å²) in [6.45, 7) is 1.84. The highest BCUT2D eigenvalue weighted by atomic mass is 35.5. The third-order valence-corrected chi connectivity index (χ3v) is 3.54. The van der Waals surface area contributed by atoms with Gasteiger partial charge in [-0.2, -0.15) is 0 Å². The first-order chi connectivity index (χ1) is 9.97. The molecule has 5 nitrogen and oxygen atoms in total. The van der Waals surface area contributed by atoms with Crippen molar-refractivity contribution in [1.82, 2.24) is 0 Å². The van der Waals surface area contributed by atoms with Crippen molar-refractivity contribution in [3.05, 3.63) is 58.2 Å². The molecule has 1 unspecified atom stereocenters. The molecule has 0 fully saturated rings. The lowest BCUT2D eigenvalue weighted by Crippen LogP contribution is -2.04. The molecular formula is C15H11ClO5. The smallest absolute Gasteiger partial charge is 0.378 e. The Hall–Kier alpha value is -2.40. The summed E-state index contributed by atoms with van der Waals surface area (Å²) >= 11 is 6.18. The molecule has 2 aromatic rings. The fourth-order valence-electron chi connectivity index (χ4n) is 2.14. The molecule has 6 heteroatoms. The van der Waals surface area contributed by atoms with Gasteiger partial charge >= 0.3 is 5.97 Å². The SMILES string of the molecule is Cc1ccc(-c2ccc(C3OC(=O)C(O)=C3O)c(Cl)c2)o1. The normalized spacial score (nSPS) is 18.2. The summed E-state index contributed by atoms with van der Waals surface area (Å²) in [6, 6.07) is 8.64. The fraction of sp³-hybridized carbons (Fsp3) is 0.133. The van der Waals surface area contributed by atoms with E-state index < -0.39 is 23.6 Å². The lowest BCUT2D eigenvalue weighted by molar-refractivity contribution is -0.142. The largest absolute Gasteiger partial charge is 0.505 e. The molecule has 0 bridgehead atoms. The fourth-order valence-corrected chi connectivity index (χ4v) is 2.42. The van der Waals surface area contributed by atoms with Crippen LogP contribution in [-0.2, 0) is 9.53 Å². The van der Waals surface area contributed by atoms with E-state index in [1.54, 1.807) is 18.2 Å². The van der Waals surface area contributed by atoms with Gasteiger partial charge in [0, 0.05) is 16.1 Å². The van der Waals surface area contributed by atoms with Gasteiger partial charge in [0.05, 0.1) is 0 Å². The number of ether oxygens (including phenoxy) is 1. The van der Waals surface area contributed by atoms with Crippen molar-refractivity contribution < 1.29 is 24.2 Å². The highest BCUT2D eigenvalue weighted by Crippen LogP contribution is 2.38. The number of benzene rings is 1. The number of furan rings is 1. The first-order valence-electron chi connectivity index (χ1n) is 6.16. The molecule has 21 heavy (non-hydrogen) atoms. The van der Waals surface area contributed by atoms with Crippen LogP contribution in [0.5, 0.6) is 0 Å². The van der Waals surface area contributed by atoms with Crippen LogP contribution in [0.3, 0.4) is 0 Å². The van der Waals surface area contributed by atoms with Crippen LogP contribution >= 0.6 is 11.6 Å². The van der Waals surface area contributed by atoms with Crippen molar-refractivity contribution in [2.75, 3.05) is 0 Å². The molecule has 1 aliphatic heterocycles. The van der Waals surface area contributed by atoms with Crippen LogP contribution in [0.2, 0.25) is 5.02 Å². The van der Waals surface area contributed by atoms with Gasteiger partial charge in [-0.05, 0) is 25.1 Å². The predicted molar refractivity (Wildman–Crippen MR) is 75.0 cm³/mol. The van der Waals surface area contributed by atoms with Gasteiger partial charge < -0.3 is 19.4 Å². The number of halogens is 1. The summed E-state index contributed by atoms with van der Waals surface area (Å²) in [7, 11) is 0. The van der Waals surface area contributed by atoms with Crippen molar-refractivity contribution in [2.24, 2.45) is 0 Å². The Morgan fingerprint density at radius 1 is 1.19 bits per heavy atom. The van der Waals surface area contributed by atoms with Crippen molar-refractivity contribution in [3.8, 4) is 11.3 Å². The summed E-state index contributed by atoms with van der Waals surface area (Å²) in [5.74, 6) is -0.864. The molecule has 1 aromatic heterocycles. The lowest BCUT2D eigenvalue weighted by Gasteiger charge is -2.12. The Balaban J connectivity index is 1.98. The van der Waals surface area contributed by atoms with Gasteiger partial charge in [-0.15, -0.1) is 0 Å². The minimum absolute atomic E-state index is 0.292. The van der Waals surface area contributed by atoms with Gasteiger partial charge in [0.15, 0.2) is 11.9 Å². The topological polar surface area (TPSA) is 79.9 Å². The van der Waals surface area contributed by atoms with Crippen LogP contribution in [-0.4, -0.2) is 16.2 Å². The standard InChI is InChI=1S/C15H11ClO5/c1-7-2-5-11(20-7)8-3-4-9(10(16)6-8)14-12(17)13(18)15(19)21-14/h2-6,14,17-18H,1H3. The van der Waals surface area contributed by atoms with Crippen LogP contribution in [0.4, 0.5) is 0 Å². The Morgan fingerprint density at radius 3 is 2.48 bits per heavy atom. The Morgan fingerprint density at radius 2 is 1.95 bits per heavy atom. The number of aryl methyl sites for hydroxylation is 1. The number of carbonyl (C=O) groups excluding carboxylic acids is 1. The van der Waals surface area contributed by atoms with Crippen LogP contribution in [0.25, 0.3) is 11.3 Å². The summed E-state index contributed by atoms with van der Waals surface area (Å²) < 4.78 is 10.4. The van der Waals surface area contributed by atoms with Gasteiger partial charge in [-0.3, -0.25) is 0 Å². The number of hydrogen-bond donors (Lipinski definition) is 2. The maximum absolute atomic E-state index is 11.2. The van der Waals surface area contributed by atoms with E-state index in [-0.39, 0.29) is 0 Å². The van der Waals surface area contributed by atoms with Crippen LogP contribution in [0.15, 0.2) is 46.3 Å². The quantitative estimate of drug-likeness (QED) is 0.824. The van der Waals surface area contributed by atoms with Crippen molar-refractivity contribution in [1.29, 1.82) is 0 Å². The third-order valence-electron chi connectivity index (χ3n) is 3.22. The molecule has 2 N–H and O–H groups in total. The van der Waals surface area contributed by atoms with E-state index in [2.05, 4.69) is 0 Å². The molecule has 0 saturated heterocycles. The number of rotatable bonds is 2. The Kier molecular flexibility index (Phi) is 3.14. The number of cyclic esters (lactones) is 1. The third kappa shape index (κ3) is 2.25. The molecule has 0 radical (unpaired) electrons. The zero-order valence-electron chi connectivity index (χ0n) is 11.0. The monoisotopic (exact) mass is 306 g/mol. The van der Waals surface area contributed by atoms with Crippen LogP contribution in [0, 0.1) is 6.92 Å². The minimum Gasteiger partial charge on any atom is -0.505 e. The zero-order valence-corrected chi connectivity index (χ0v) is 11.7. The van der Waals surface area contributed by atoms with E-state index in [9.17, 15) is 15.0 Å². The second-order valence-corrected chi connectivity index (χ2v) is 5.07. The maximum atomic E-state index is 11.2. The number of hydrogen-bond acceptors (Lipinski definition) is 5. The molecule has 1 aliphatic rings. The lowest BCUT2D eigenvalue weighted by atomic mass is 10.0.